The lowest BCUT2D eigenvalue weighted by Gasteiger charge is -2.25. The third kappa shape index (κ3) is 3.21. The summed E-state index contributed by atoms with van der Waals surface area (Å²) < 4.78 is 0. The summed E-state index contributed by atoms with van der Waals surface area (Å²) >= 11 is 0. The van der Waals surface area contributed by atoms with E-state index in [0.717, 1.165) is 45.2 Å². The van der Waals surface area contributed by atoms with E-state index >= 15 is 0 Å². The normalized spacial score (nSPS) is 33.5. The number of rotatable bonds is 1. The van der Waals surface area contributed by atoms with Gasteiger partial charge in [0.2, 0.25) is 5.91 Å². The van der Waals surface area contributed by atoms with Crippen LogP contribution in [0.2, 0.25) is 0 Å². The van der Waals surface area contributed by atoms with E-state index < -0.39 is 0 Å². The maximum atomic E-state index is 12.4. The van der Waals surface area contributed by atoms with Crippen LogP contribution in [0.5, 0.6) is 0 Å². The third-order valence-corrected chi connectivity index (χ3v) is 4.47. The van der Waals surface area contributed by atoms with Crippen molar-refractivity contribution in [1.82, 2.24) is 4.90 Å². The molecule has 1 amide bonds. The first-order valence-corrected chi connectivity index (χ1v) is 7.02. The molecule has 1 aliphatic heterocycles. The van der Waals surface area contributed by atoms with E-state index in [4.69, 9.17) is 5.73 Å². The monoisotopic (exact) mass is 238 g/mol. The predicted octanol–water partition coefficient (Wildman–Crippen LogP) is 2.15. The van der Waals surface area contributed by atoms with Gasteiger partial charge in [0.1, 0.15) is 0 Å². The first-order valence-electron chi connectivity index (χ1n) is 7.02. The van der Waals surface area contributed by atoms with Crippen molar-refractivity contribution < 1.29 is 4.79 Å². The molecule has 98 valence electrons. The summed E-state index contributed by atoms with van der Waals surface area (Å²) in [6.07, 6.45) is 6.45. The smallest absolute Gasteiger partial charge is 0.225 e. The Hall–Kier alpha value is -0.570. The van der Waals surface area contributed by atoms with Crippen LogP contribution in [0.1, 0.15) is 52.4 Å². The lowest BCUT2D eigenvalue weighted by molar-refractivity contribution is -0.135. The lowest BCUT2D eigenvalue weighted by Crippen LogP contribution is -2.36. The molecule has 1 saturated carbocycles. The van der Waals surface area contributed by atoms with Crippen molar-refractivity contribution in [2.24, 2.45) is 17.1 Å². The summed E-state index contributed by atoms with van der Waals surface area (Å²) in [5, 5.41) is 0. The first-order chi connectivity index (χ1) is 7.98. The molecule has 0 spiro atoms. The Bertz CT molecular complexity index is 288. The quantitative estimate of drug-likeness (QED) is 0.761. The second kappa shape index (κ2) is 4.97. The van der Waals surface area contributed by atoms with Gasteiger partial charge in [0.25, 0.3) is 0 Å². The number of amides is 1. The highest BCUT2D eigenvalue weighted by Crippen LogP contribution is 2.32. The van der Waals surface area contributed by atoms with Gasteiger partial charge in [-0.15, -0.1) is 0 Å². The standard InChI is InChI=1S/C14H26N2O/c1-14(2)6-3-8-16(9-7-14)13(17)11-4-5-12(15)10-11/h11-12H,3-10,15H2,1-2H3. The molecule has 17 heavy (non-hydrogen) atoms. The highest BCUT2D eigenvalue weighted by Gasteiger charge is 2.32. The van der Waals surface area contributed by atoms with Crippen molar-refractivity contribution in [1.29, 1.82) is 0 Å². The van der Waals surface area contributed by atoms with Gasteiger partial charge in [-0.1, -0.05) is 13.8 Å². The van der Waals surface area contributed by atoms with E-state index in [2.05, 4.69) is 18.7 Å². The zero-order valence-corrected chi connectivity index (χ0v) is 11.2. The molecule has 0 aromatic carbocycles. The Labute approximate surface area is 105 Å². The summed E-state index contributed by atoms with van der Waals surface area (Å²) in [6.45, 7) is 6.52. The second-order valence-corrected chi connectivity index (χ2v) is 6.61. The molecule has 1 heterocycles. The average molecular weight is 238 g/mol. The fraction of sp³-hybridized carbons (Fsp3) is 0.929. The van der Waals surface area contributed by atoms with Gasteiger partial charge in [0.15, 0.2) is 0 Å². The van der Waals surface area contributed by atoms with Crippen LogP contribution in [0.15, 0.2) is 0 Å². The third-order valence-electron chi connectivity index (χ3n) is 4.47. The second-order valence-electron chi connectivity index (χ2n) is 6.61. The van der Waals surface area contributed by atoms with Gasteiger partial charge < -0.3 is 10.6 Å². The molecular formula is C14H26N2O. The Morgan fingerprint density at radius 2 is 2.00 bits per heavy atom. The van der Waals surface area contributed by atoms with E-state index in [-0.39, 0.29) is 12.0 Å². The SMILES string of the molecule is CC1(C)CCCN(C(=O)C2CCC(N)C2)CC1. The molecule has 3 nitrogen and oxygen atoms in total. The number of hydrogen-bond acceptors (Lipinski definition) is 2. The van der Waals surface area contributed by atoms with Crippen LogP contribution < -0.4 is 5.73 Å². The molecule has 0 aromatic rings. The Morgan fingerprint density at radius 3 is 2.65 bits per heavy atom. The number of carbonyl (C=O) groups excluding carboxylic acids is 1. The number of likely N-dealkylation sites (tertiary alicyclic amines) is 1. The molecule has 1 saturated heterocycles. The van der Waals surface area contributed by atoms with Gasteiger partial charge in [-0.25, -0.2) is 0 Å². The van der Waals surface area contributed by atoms with E-state index in [9.17, 15) is 4.79 Å². The van der Waals surface area contributed by atoms with Crippen molar-refractivity contribution in [3.8, 4) is 0 Å². The van der Waals surface area contributed by atoms with Crippen LogP contribution in [0.25, 0.3) is 0 Å². The molecule has 2 atom stereocenters. The summed E-state index contributed by atoms with van der Waals surface area (Å²) in [7, 11) is 0. The first kappa shape index (κ1) is 12.9. The summed E-state index contributed by atoms with van der Waals surface area (Å²) in [6, 6.07) is 0.257. The van der Waals surface area contributed by atoms with Crippen LogP contribution >= 0.6 is 0 Å². The van der Waals surface area contributed by atoms with Crippen molar-refractivity contribution >= 4 is 5.91 Å². The molecule has 2 fully saturated rings. The van der Waals surface area contributed by atoms with Gasteiger partial charge in [-0.2, -0.15) is 0 Å². The fourth-order valence-electron chi connectivity index (χ4n) is 3.14. The summed E-state index contributed by atoms with van der Waals surface area (Å²) in [5.74, 6) is 0.585. The van der Waals surface area contributed by atoms with Crippen LogP contribution in [-0.2, 0) is 4.79 Å². The van der Waals surface area contributed by atoms with Gasteiger partial charge in [-0.05, 0) is 43.9 Å². The van der Waals surface area contributed by atoms with Crippen LogP contribution in [-0.4, -0.2) is 29.9 Å². The zero-order chi connectivity index (χ0) is 12.5. The van der Waals surface area contributed by atoms with Crippen LogP contribution in [0.4, 0.5) is 0 Å². The average Bonchev–Trinajstić information content (AvgIpc) is 2.60. The van der Waals surface area contributed by atoms with Gasteiger partial charge in [0, 0.05) is 25.0 Å². The van der Waals surface area contributed by atoms with E-state index in [0.29, 0.717) is 11.3 Å². The summed E-state index contributed by atoms with van der Waals surface area (Å²) in [5.41, 5.74) is 6.30. The molecule has 2 rings (SSSR count). The molecule has 1 aliphatic carbocycles. The minimum atomic E-state index is 0.214. The van der Waals surface area contributed by atoms with Crippen molar-refractivity contribution in [2.75, 3.05) is 13.1 Å². The number of nitrogens with two attached hydrogens (primary N) is 1. The van der Waals surface area contributed by atoms with Crippen molar-refractivity contribution in [3.05, 3.63) is 0 Å². The Kier molecular flexibility index (Phi) is 3.76. The Balaban J connectivity index is 1.91. The highest BCUT2D eigenvalue weighted by atomic mass is 16.2. The predicted molar refractivity (Wildman–Crippen MR) is 69.5 cm³/mol. The minimum absolute atomic E-state index is 0.214. The molecular weight excluding hydrogens is 212 g/mol. The molecule has 2 N–H and O–H groups in total. The Morgan fingerprint density at radius 1 is 1.24 bits per heavy atom. The fourth-order valence-corrected chi connectivity index (χ4v) is 3.14. The van der Waals surface area contributed by atoms with Gasteiger partial charge in [-0.3, -0.25) is 4.79 Å². The molecule has 3 heteroatoms. The molecule has 2 aliphatic rings. The van der Waals surface area contributed by atoms with Gasteiger partial charge in [0.05, 0.1) is 0 Å². The van der Waals surface area contributed by atoms with Gasteiger partial charge >= 0.3 is 0 Å². The molecule has 0 aromatic heterocycles. The lowest BCUT2D eigenvalue weighted by atomic mass is 9.85. The molecule has 2 unspecified atom stereocenters. The summed E-state index contributed by atoms with van der Waals surface area (Å²) in [4.78, 5) is 14.5. The van der Waals surface area contributed by atoms with Crippen molar-refractivity contribution in [3.63, 3.8) is 0 Å². The maximum absolute atomic E-state index is 12.4. The van der Waals surface area contributed by atoms with E-state index in [1.165, 1.54) is 6.42 Å². The zero-order valence-electron chi connectivity index (χ0n) is 11.2. The van der Waals surface area contributed by atoms with Crippen LogP contribution in [0.3, 0.4) is 0 Å². The topological polar surface area (TPSA) is 46.3 Å². The maximum Gasteiger partial charge on any atom is 0.225 e. The molecule has 0 bridgehead atoms. The number of hydrogen-bond donors (Lipinski definition) is 1. The van der Waals surface area contributed by atoms with E-state index in [1.54, 1.807) is 0 Å². The molecule has 0 radical (unpaired) electrons. The number of carbonyl (C=O) groups is 1. The van der Waals surface area contributed by atoms with Crippen LogP contribution in [0, 0.1) is 11.3 Å². The minimum Gasteiger partial charge on any atom is -0.342 e. The largest absolute Gasteiger partial charge is 0.342 e. The highest BCUT2D eigenvalue weighted by molar-refractivity contribution is 5.79. The number of nitrogens with zero attached hydrogens (tertiary/aromatic N) is 1. The van der Waals surface area contributed by atoms with E-state index in [1.807, 2.05) is 0 Å². The van der Waals surface area contributed by atoms with Crippen molar-refractivity contribution in [2.45, 2.75) is 58.4 Å².